The third-order valence-corrected chi connectivity index (χ3v) is 7.25. The van der Waals surface area contributed by atoms with Gasteiger partial charge < -0.3 is 30.1 Å². The lowest BCUT2D eigenvalue weighted by molar-refractivity contribution is 0.122. The van der Waals surface area contributed by atoms with Gasteiger partial charge in [-0.05, 0) is 73.8 Å². The smallest absolute Gasteiger partial charge is 0.321 e. The van der Waals surface area contributed by atoms with Gasteiger partial charge in [-0.15, -0.1) is 0 Å². The average molecular weight is 512 g/mol. The maximum absolute atomic E-state index is 12.6. The molecule has 0 atom stereocenters. The third-order valence-electron chi connectivity index (χ3n) is 7.25. The Kier molecular flexibility index (Phi) is 6.85. The monoisotopic (exact) mass is 511 g/mol. The van der Waals surface area contributed by atoms with Crippen LogP contribution in [0.15, 0.2) is 72.9 Å². The topological polar surface area (TPSA) is 77.9 Å². The molecule has 2 amide bonds. The van der Waals surface area contributed by atoms with Crippen molar-refractivity contribution in [3.05, 3.63) is 72.9 Å². The highest BCUT2D eigenvalue weighted by atomic mass is 16.5. The van der Waals surface area contributed by atoms with Crippen molar-refractivity contribution >= 4 is 39.7 Å². The van der Waals surface area contributed by atoms with E-state index in [9.17, 15) is 4.79 Å². The standard InChI is InChI=1S/C29H33N7O2/c1-33-12-14-35(15-13-33)29(37)32-24-4-9-27(10-5-24)36-28-11-6-25(20-22(28)21-30-36)31-23-2-7-26(8-3-23)34-16-18-38-19-17-34/h2-11,20-21,31H,12-19H2,1H3,(H,32,37). The van der Waals surface area contributed by atoms with Gasteiger partial charge in [-0.1, -0.05) is 0 Å². The van der Waals surface area contributed by atoms with E-state index in [4.69, 9.17) is 4.74 Å². The quantitative estimate of drug-likeness (QED) is 0.414. The lowest BCUT2D eigenvalue weighted by atomic mass is 10.2. The van der Waals surface area contributed by atoms with Crippen LogP contribution in [-0.2, 0) is 4.74 Å². The second kappa shape index (κ2) is 10.7. The molecule has 0 radical (unpaired) electrons. The number of carbonyl (C=O) groups excluding carboxylic acids is 1. The van der Waals surface area contributed by atoms with Crippen LogP contribution in [0.1, 0.15) is 0 Å². The van der Waals surface area contributed by atoms with E-state index < -0.39 is 0 Å². The van der Waals surface area contributed by atoms with E-state index in [0.29, 0.717) is 0 Å². The molecule has 2 N–H and O–H groups in total. The Morgan fingerprint density at radius 1 is 0.789 bits per heavy atom. The van der Waals surface area contributed by atoms with Gasteiger partial charge in [0, 0.05) is 67.4 Å². The summed E-state index contributed by atoms with van der Waals surface area (Å²) >= 11 is 0. The number of fused-ring (bicyclic) bond motifs is 1. The number of ether oxygens (including phenoxy) is 1. The molecule has 3 heterocycles. The van der Waals surface area contributed by atoms with Gasteiger partial charge in [0.15, 0.2) is 0 Å². The number of aromatic nitrogens is 2. The zero-order chi connectivity index (χ0) is 25.9. The van der Waals surface area contributed by atoms with Crippen molar-refractivity contribution in [2.24, 2.45) is 0 Å². The fraction of sp³-hybridized carbons (Fsp3) is 0.310. The van der Waals surface area contributed by atoms with Crippen LogP contribution in [-0.4, -0.2) is 85.1 Å². The van der Waals surface area contributed by atoms with E-state index in [-0.39, 0.29) is 6.03 Å². The van der Waals surface area contributed by atoms with Gasteiger partial charge in [0.2, 0.25) is 0 Å². The van der Waals surface area contributed by atoms with Gasteiger partial charge in [-0.2, -0.15) is 5.10 Å². The van der Waals surface area contributed by atoms with E-state index in [1.54, 1.807) is 0 Å². The minimum absolute atomic E-state index is 0.0499. The number of carbonyl (C=O) groups is 1. The van der Waals surface area contributed by atoms with E-state index in [1.165, 1.54) is 5.69 Å². The second-order valence-electron chi connectivity index (χ2n) is 9.87. The minimum Gasteiger partial charge on any atom is -0.378 e. The summed E-state index contributed by atoms with van der Waals surface area (Å²) in [5, 5.41) is 12.2. The molecule has 4 aromatic rings. The lowest BCUT2D eigenvalue weighted by Crippen LogP contribution is -2.48. The Labute approximate surface area is 222 Å². The molecule has 0 spiro atoms. The molecule has 0 saturated carbocycles. The summed E-state index contributed by atoms with van der Waals surface area (Å²) in [6.07, 6.45) is 1.88. The first-order chi connectivity index (χ1) is 18.6. The number of nitrogens with one attached hydrogen (secondary N) is 2. The molecule has 2 aliphatic heterocycles. The SMILES string of the molecule is CN1CCN(C(=O)Nc2ccc(-n3ncc4cc(Nc5ccc(N6CCOCC6)cc5)ccc43)cc2)CC1. The zero-order valence-corrected chi connectivity index (χ0v) is 21.6. The van der Waals surface area contributed by atoms with Gasteiger partial charge in [0.05, 0.1) is 30.6 Å². The Morgan fingerprint density at radius 3 is 2.18 bits per heavy atom. The molecule has 0 bridgehead atoms. The number of benzene rings is 3. The van der Waals surface area contributed by atoms with E-state index in [1.807, 2.05) is 40.0 Å². The molecular formula is C29H33N7O2. The number of urea groups is 1. The van der Waals surface area contributed by atoms with Crippen LogP contribution in [0.2, 0.25) is 0 Å². The first-order valence-electron chi connectivity index (χ1n) is 13.1. The number of rotatable bonds is 5. The van der Waals surface area contributed by atoms with Gasteiger partial charge in [0.1, 0.15) is 0 Å². The number of hydrogen-bond donors (Lipinski definition) is 2. The van der Waals surface area contributed by atoms with Gasteiger partial charge in [0.25, 0.3) is 0 Å². The number of morpholine rings is 1. The Hall–Kier alpha value is -4.08. The average Bonchev–Trinajstić information content (AvgIpc) is 3.38. The predicted octanol–water partition coefficient (Wildman–Crippen LogP) is 4.39. The van der Waals surface area contributed by atoms with Crippen LogP contribution >= 0.6 is 0 Å². The van der Waals surface area contributed by atoms with Crippen molar-refractivity contribution in [1.82, 2.24) is 19.6 Å². The van der Waals surface area contributed by atoms with Crippen molar-refractivity contribution in [2.45, 2.75) is 0 Å². The molecule has 38 heavy (non-hydrogen) atoms. The van der Waals surface area contributed by atoms with Crippen LogP contribution in [0.4, 0.5) is 27.5 Å². The maximum atomic E-state index is 12.6. The molecule has 196 valence electrons. The number of likely N-dealkylation sites (N-methyl/N-ethyl adjacent to an activating group) is 1. The number of anilines is 4. The Morgan fingerprint density at radius 2 is 1.45 bits per heavy atom. The minimum atomic E-state index is -0.0499. The molecule has 0 aliphatic carbocycles. The molecular weight excluding hydrogens is 478 g/mol. The zero-order valence-electron chi connectivity index (χ0n) is 21.6. The van der Waals surface area contributed by atoms with E-state index in [0.717, 1.165) is 86.1 Å². The molecule has 6 rings (SSSR count). The van der Waals surface area contributed by atoms with Gasteiger partial charge in [-0.25, -0.2) is 9.48 Å². The third kappa shape index (κ3) is 5.29. The summed E-state index contributed by atoms with van der Waals surface area (Å²) in [4.78, 5) is 19.0. The van der Waals surface area contributed by atoms with Crippen LogP contribution < -0.4 is 15.5 Å². The largest absolute Gasteiger partial charge is 0.378 e. The summed E-state index contributed by atoms with van der Waals surface area (Å²) in [5.74, 6) is 0. The highest BCUT2D eigenvalue weighted by Gasteiger charge is 2.19. The normalized spacial score (nSPS) is 16.6. The number of amides is 2. The summed E-state index contributed by atoms with van der Waals surface area (Å²) in [7, 11) is 2.08. The van der Waals surface area contributed by atoms with Crippen LogP contribution in [0.25, 0.3) is 16.6 Å². The Bertz CT molecular complexity index is 1390. The molecule has 1 aromatic heterocycles. The Balaban J connectivity index is 1.11. The van der Waals surface area contributed by atoms with E-state index >= 15 is 0 Å². The molecule has 9 nitrogen and oxygen atoms in total. The summed E-state index contributed by atoms with van der Waals surface area (Å²) in [6.45, 7) is 6.72. The highest BCUT2D eigenvalue weighted by Crippen LogP contribution is 2.26. The van der Waals surface area contributed by atoms with Crippen molar-refractivity contribution in [3.63, 3.8) is 0 Å². The first kappa shape index (κ1) is 24.3. The van der Waals surface area contributed by atoms with Crippen molar-refractivity contribution in [1.29, 1.82) is 0 Å². The number of hydrogen-bond acceptors (Lipinski definition) is 6. The van der Waals surface area contributed by atoms with Gasteiger partial charge in [-0.3, -0.25) is 0 Å². The first-order valence-corrected chi connectivity index (χ1v) is 13.1. The van der Waals surface area contributed by atoms with Crippen molar-refractivity contribution in [3.8, 4) is 5.69 Å². The van der Waals surface area contributed by atoms with Gasteiger partial charge >= 0.3 is 6.03 Å². The number of piperazine rings is 1. The maximum Gasteiger partial charge on any atom is 0.321 e. The molecule has 2 saturated heterocycles. The number of nitrogens with zero attached hydrogens (tertiary/aromatic N) is 5. The summed E-state index contributed by atoms with van der Waals surface area (Å²) in [5.41, 5.74) is 6.02. The fourth-order valence-corrected chi connectivity index (χ4v) is 4.96. The van der Waals surface area contributed by atoms with Crippen molar-refractivity contribution in [2.75, 3.05) is 75.1 Å². The molecule has 2 fully saturated rings. The highest BCUT2D eigenvalue weighted by molar-refractivity contribution is 5.90. The molecule has 2 aliphatic rings. The van der Waals surface area contributed by atoms with Crippen LogP contribution in [0.5, 0.6) is 0 Å². The van der Waals surface area contributed by atoms with Crippen LogP contribution in [0, 0.1) is 0 Å². The fourth-order valence-electron chi connectivity index (χ4n) is 4.96. The lowest BCUT2D eigenvalue weighted by Gasteiger charge is -2.32. The van der Waals surface area contributed by atoms with Crippen LogP contribution in [0.3, 0.4) is 0 Å². The predicted molar refractivity (Wildman–Crippen MR) is 152 cm³/mol. The molecule has 9 heteroatoms. The summed E-state index contributed by atoms with van der Waals surface area (Å²) < 4.78 is 7.37. The molecule has 3 aromatic carbocycles. The van der Waals surface area contributed by atoms with E-state index in [2.05, 4.69) is 75.0 Å². The summed E-state index contributed by atoms with van der Waals surface area (Å²) in [6, 6.07) is 22.6. The molecule has 0 unspecified atom stereocenters. The second-order valence-corrected chi connectivity index (χ2v) is 9.87. The van der Waals surface area contributed by atoms with Crippen molar-refractivity contribution < 1.29 is 9.53 Å².